The number of aromatic nitrogens is 1. The van der Waals surface area contributed by atoms with E-state index < -0.39 is 0 Å². The van der Waals surface area contributed by atoms with Crippen LogP contribution in [0.4, 0.5) is 0 Å². The van der Waals surface area contributed by atoms with Gasteiger partial charge < -0.3 is 18.8 Å². The minimum atomic E-state index is 0. The van der Waals surface area contributed by atoms with Gasteiger partial charge in [0.1, 0.15) is 0 Å². The van der Waals surface area contributed by atoms with Crippen LogP contribution in [0.2, 0.25) is 0 Å². The smallest absolute Gasteiger partial charge is 0.0296 e. The van der Waals surface area contributed by atoms with Gasteiger partial charge in [0, 0.05) is 13.8 Å². The van der Waals surface area contributed by atoms with E-state index in [4.69, 9.17) is 6.58 Å². The summed E-state index contributed by atoms with van der Waals surface area (Å²) in [6.07, 6.45) is 25.2. The molecule has 0 bridgehead atoms. The van der Waals surface area contributed by atoms with Gasteiger partial charge in [-0.2, -0.15) is 16.6 Å². The predicted octanol–water partition coefficient (Wildman–Crippen LogP) is 11.4. The van der Waals surface area contributed by atoms with Crippen molar-refractivity contribution in [2.45, 2.75) is 107 Å². The van der Waals surface area contributed by atoms with E-state index in [9.17, 15) is 0 Å². The van der Waals surface area contributed by atoms with Crippen molar-refractivity contribution < 1.29 is 1.43 Å². The number of pyridine rings is 1. The first-order chi connectivity index (χ1) is 18.7. The van der Waals surface area contributed by atoms with E-state index in [1.807, 2.05) is 12.4 Å². The zero-order valence-corrected chi connectivity index (χ0v) is 29.0. The second-order valence-corrected chi connectivity index (χ2v) is 13.8. The number of hydrogen-bond acceptors (Lipinski definition) is 1. The molecule has 5 rings (SSSR count). The van der Waals surface area contributed by atoms with E-state index in [0.29, 0.717) is 11.3 Å². The van der Waals surface area contributed by atoms with Gasteiger partial charge in [-0.05, 0) is 86.7 Å². The van der Waals surface area contributed by atoms with Crippen LogP contribution in [-0.4, -0.2) is 4.98 Å². The minimum Gasteiger partial charge on any atom is -0.542 e. The molecular weight excluding hydrogens is 729 g/mol. The summed E-state index contributed by atoms with van der Waals surface area (Å²) < 4.78 is 0. The fourth-order valence-corrected chi connectivity index (χ4v) is 9.66. The summed E-state index contributed by atoms with van der Waals surface area (Å²) in [7, 11) is 0. The fraction of sp³-hybridized carbons (Fsp3) is 0.590. The summed E-state index contributed by atoms with van der Waals surface area (Å²) in [6.45, 7) is 23.3. The molecule has 0 spiro atoms. The molecular formula is C39H58CmN-3. The molecule has 3 fully saturated rings. The molecule has 0 saturated heterocycles. The number of nitrogens with zero attached hydrogens (tertiary/aromatic N) is 1. The molecule has 3 saturated carbocycles. The first-order valence-corrected chi connectivity index (χ1v) is 15.9. The van der Waals surface area contributed by atoms with Crippen molar-refractivity contribution in [1.29, 1.82) is 0 Å². The first kappa shape index (κ1) is 32.5. The molecule has 0 N–H and O–H groups in total. The van der Waals surface area contributed by atoms with Gasteiger partial charge in [0.25, 0.3) is 0 Å². The third-order valence-electron chi connectivity index (χ3n) is 12.1. The van der Waals surface area contributed by atoms with E-state index in [2.05, 4.69) is 84.2 Å². The Bertz CT molecular complexity index is 1160. The summed E-state index contributed by atoms with van der Waals surface area (Å²) in [6, 6.07) is 2.27. The third-order valence-corrected chi connectivity index (χ3v) is 12.1. The summed E-state index contributed by atoms with van der Waals surface area (Å²) in [4.78, 5) is 4.51. The minimum absolute atomic E-state index is 0. The summed E-state index contributed by atoms with van der Waals surface area (Å²) in [5.74, 6) is 5.47. The zero-order valence-electron chi connectivity index (χ0n) is 26.0. The van der Waals surface area contributed by atoms with E-state index >= 15 is 0 Å². The quantitative estimate of drug-likeness (QED) is 0.189. The van der Waals surface area contributed by atoms with Gasteiger partial charge in [0.15, 0.2) is 0 Å². The Labute approximate surface area is 249 Å². The van der Waals surface area contributed by atoms with Crippen LogP contribution in [0.1, 0.15) is 112 Å². The van der Waals surface area contributed by atoms with Gasteiger partial charge in [-0.25, -0.2) is 6.42 Å². The number of aryl methyl sites for hydroxylation is 1. The molecule has 4 aliphatic carbocycles. The Hall–Kier alpha value is -3.02. The van der Waals surface area contributed by atoms with E-state index in [1.165, 1.54) is 85.1 Å². The molecule has 1 heterocycles. The summed E-state index contributed by atoms with van der Waals surface area (Å²) in [5.41, 5.74) is 8.60. The maximum atomic E-state index is 4.80. The van der Waals surface area contributed by atoms with Crippen LogP contribution in [0.5, 0.6) is 0 Å². The Morgan fingerprint density at radius 2 is 1.98 bits per heavy atom. The van der Waals surface area contributed by atoms with Crippen LogP contribution < -0.4 is 0 Å². The Kier molecular flexibility index (Phi) is 9.88. The number of allylic oxidation sites excluding steroid dienone is 6. The normalized spacial score (nSPS) is 33.9. The second kappa shape index (κ2) is 12.5. The molecule has 4 aliphatic rings. The van der Waals surface area contributed by atoms with Crippen molar-refractivity contribution in [3.8, 4) is 0 Å². The molecule has 7 unspecified atom stereocenters. The van der Waals surface area contributed by atoms with Gasteiger partial charge in [0.05, 0.1) is 0 Å². The molecule has 1 aromatic heterocycles. The first-order valence-electron chi connectivity index (χ1n) is 15.9. The average Bonchev–Trinajstić information content (AvgIpc) is 3.25. The molecule has 7 atom stereocenters. The summed E-state index contributed by atoms with van der Waals surface area (Å²) in [5, 5.41) is 0. The molecule has 41 heavy (non-hydrogen) atoms. The Morgan fingerprint density at radius 3 is 2.63 bits per heavy atom. The second-order valence-electron chi connectivity index (χ2n) is 13.8. The topological polar surface area (TPSA) is 12.9 Å². The van der Waals surface area contributed by atoms with Crippen molar-refractivity contribution in [1.82, 2.24) is 4.98 Å². The predicted molar refractivity (Wildman–Crippen MR) is 176 cm³/mol. The van der Waals surface area contributed by atoms with E-state index in [-0.39, 0.29) is 14.3 Å². The molecule has 1 aromatic rings. The third kappa shape index (κ3) is 5.35. The van der Waals surface area contributed by atoms with Crippen molar-refractivity contribution in [3.63, 3.8) is 0 Å². The van der Waals surface area contributed by atoms with Crippen LogP contribution in [0.25, 0.3) is 5.57 Å². The molecule has 2 heteroatoms. The van der Waals surface area contributed by atoms with E-state index in [0.717, 1.165) is 30.1 Å². The van der Waals surface area contributed by atoms with E-state index in [1.54, 1.807) is 5.57 Å². The van der Waals surface area contributed by atoms with Gasteiger partial charge in [-0.3, -0.25) is 11.1 Å². The van der Waals surface area contributed by atoms with Crippen LogP contribution in [0.15, 0.2) is 60.5 Å². The van der Waals surface area contributed by atoms with Crippen molar-refractivity contribution >= 4 is 5.57 Å². The van der Waals surface area contributed by atoms with Crippen molar-refractivity contribution in [2.24, 2.45) is 40.4 Å². The molecule has 1 nitrogen and oxygen atoms in total. The molecule has 0 aliphatic heterocycles. The van der Waals surface area contributed by atoms with Gasteiger partial charge >= 0.3 is 0 Å². The number of fused-ring (bicyclic) bond motifs is 5. The maximum Gasteiger partial charge on any atom is 0.0296 e. The summed E-state index contributed by atoms with van der Waals surface area (Å²) >= 11 is 0. The average molecular weight is 788 g/mol. The maximum absolute atomic E-state index is 4.80. The number of hydrogen-bond donors (Lipinski definition) is 0. The zero-order chi connectivity index (χ0) is 27.9. The molecule has 0 radical (unpaired) electrons. The van der Waals surface area contributed by atoms with Crippen molar-refractivity contribution in [2.75, 3.05) is 0 Å². The SMILES string of the molecule is C.C=C/C(CC)=C(/C)CC(CC)CC1CCC2C3C[CH-][C-]4[CH-]C=C(c5cncc(C)c5)C(=C)C4(C)C3CCC12C.[Cm].[HH]. The Morgan fingerprint density at radius 1 is 1.22 bits per heavy atom. The van der Waals surface area contributed by atoms with Gasteiger partial charge in [0.2, 0.25) is 0 Å². The Balaban J connectivity index is 0.00000205. The van der Waals surface area contributed by atoms with Crippen LogP contribution in [0.3, 0.4) is 0 Å². The monoisotopic (exact) mass is 784 g/mol. The van der Waals surface area contributed by atoms with Crippen molar-refractivity contribution in [3.05, 3.63) is 90.4 Å². The van der Waals surface area contributed by atoms with Crippen LogP contribution >= 0.6 is 0 Å². The molecule has 230 valence electrons. The number of rotatable bonds is 8. The largest absolute Gasteiger partial charge is 0.542 e. The molecule has 0 amide bonds. The molecule has 0 aromatic carbocycles. The fourth-order valence-electron chi connectivity index (χ4n) is 9.66. The van der Waals surface area contributed by atoms with Gasteiger partial charge in [-0.15, -0.1) is 6.58 Å². The van der Waals surface area contributed by atoms with Gasteiger partial charge in [-0.1, -0.05) is 89.7 Å². The van der Waals surface area contributed by atoms with Crippen LogP contribution in [0, 0.1) is 66.1 Å². The van der Waals surface area contributed by atoms with Crippen LogP contribution in [-0.2, 0) is 0 Å². The standard InChI is InChI=1S/C38H52N.CH4.Cm.H2/c1-9-28(21-26(5)29(10-2)11-3)22-32-14-17-35-34-16-13-31-12-15-33(30-20-25(4)23-39-24-30)27(6)38(31,8)36(34)18-19-37(32,35)7;;;/h10,12-13,15,20,23-24,28,32,34-36H,2,6,9,11,14,16-19,21-22H2,1,3-5,7-8H3;1H4;;1H/q-3;;;/b29-26+;;;.